The lowest BCUT2D eigenvalue weighted by atomic mass is 10.0. The Hall–Kier alpha value is -6.46. The number of furan rings is 2. The van der Waals surface area contributed by atoms with Crippen molar-refractivity contribution in [1.29, 1.82) is 0 Å². The van der Waals surface area contributed by atoms with Crippen LogP contribution in [0.5, 0.6) is 0 Å². The van der Waals surface area contributed by atoms with Crippen LogP contribution in [-0.4, -0.2) is 9.55 Å². The topological polar surface area (TPSA) is 44.1 Å². The number of imidazole rings is 1. The number of hydrogen-bond acceptors (Lipinski definition) is 3. The summed E-state index contributed by atoms with van der Waals surface area (Å²) in [7, 11) is 0. The molecule has 0 spiro atoms. The van der Waals surface area contributed by atoms with E-state index in [4.69, 9.17) is 13.8 Å². The number of rotatable bonds is 4. The average molecular weight is 621 g/mol. The molecule has 0 fully saturated rings. The molecule has 0 N–H and O–H groups in total. The molecule has 0 aliphatic carbocycles. The zero-order chi connectivity index (χ0) is 31.8. The lowest BCUT2D eigenvalue weighted by Crippen LogP contribution is -2.00. The van der Waals surface area contributed by atoms with Gasteiger partial charge in [-0.15, -0.1) is 0 Å². The fourth-order valence-corrected chi connectivity index (χ4v) is 7.06. The monoisotopic (exact) mass is 620 g/mol. The van der Waals surface area contributed by atoms with E-state index in [2.05, 4.69) is 108 Å². The molecule has 10 rings (SSSR count). The molecule has 48 heavy (non-hydrogen) atoms. The zero-order valence-corrected chi connectivity index (χ0v) is 25.5. The Bertz CT molecular complexity index is 2860. The summed E-state index contributed by atoms with van der Waals surface area (Å²) in [6.07, 6.45) is 0. The van der Waals surface area contributed by atoms with E-state index in [1.807, 2.05) is 30.3 Å². The van der Waals surface area contributed by atoms with Gasteiger partial charge in [-0.1, -0.05) is 84.9 Å². The summed E-state index contributed by atoms with van der Waals surface area (Å²) in [4.78, 5) is 5.20. The maximum absolute atomic E-state index is 14.0. The van der Waals surface area contributed by atoms with Crippen molar-refractivity contribution in [3.05, 3.63) is 157 Å². The molecule has 3 heterocycles. The first-order valence-corrected chi connectivity index (χ1v) is 15.9. The molecule has 0 saturated heterocycles. The summed E-state index contributed by atoms with van der Waals surface area (Å²) in [5.74, 6) is 0.538. The number of fused-ring (bicyclic) bond motifs is 7. The maximum atomic E-state index is 14.0. The Kier molecular flexibility index (Phi) is 5.72. The van der Waals surface area contributed by atoms with E-state index in [1.165, 1.54) is 12.1 Å². The molecule has 5 heteroatoms. The minimum Gasteiger partial charge on any atom is -0.456 e. The molecule has 3 aromatic heterocycles. The minimum absolute atomic E-state index is 0.278. The molecule has 0 atom stereocenters. The summed E-state index contributed by atoms with van der Waals surface area (Å²) in [5.41, 5.74) is 11.1. The summed E-state index contributed by atoms with van der Waals surface area (Å²) >= 11 is 0. The molecule has 0 aliphatic rings. The van der Waals surface area contributed by atoms with Crippen molar-refractivity contribution in [3.63, 3.8) is 0 Å². The van der Waals surface area contributed by atoms with Gasteiger partial charge in [0.2, 0.25) is 0 Å². The Morgan fingerprint density at radius 3 is 2.04 bits per heavy atom. The fourth-order valence-electron chi connectivity index (χ4n) is 7.06. The highest BCUT2D eigenvalue weighted by molar-refractivity contribution is 6.11. The van der Waals surface area contributed by atoms with Crippen LogP contribution in [0.2, 0.25) is 0 Å². The summed E-state index contributed by atoms with van der Waals surface area (Å²) in [6.45, 7) is 0. The van der Waals surface area contributed by atoms with Gasteiger partial charge in [-0.2, -0.15) is 0 Å². The lowest BCUT2D eigenvalue weighted by molar-refractivity contribution is 0.626. The van der Waals surface area contributed by atoms with Crippen LogP contribution in [0, 0.1) is 5.82 Å². The van der Waals surface area contributed by atoms with E-state index >= 15 is 0 Å². The van der Waals surface area contributed by atoms with Gasteiger partial charge in [-0.05, 0) is 83.4 Å². The Morgan fingerprint density at radius 1 is 0.479 bits per heavy atom. The highest BCUT2D eigenvalue weighted by atomic mass is 19.1. The van der Waals surface area contributed by atoms with Crippen LogP contribution in [0.4, 0.5) is 4.39 Å². The average Bonchev–Trinajstić information content (AvgIpc) is 3.82. The van der Waals surface area contributed by atoms with Gasteiger partial charge in [0.15, 0.2) is 0 Å². The largest absolute Gasteiger partial charge is 0.456 e. The van der Waals surface area contributed by atoms with Crippen molar-refractivity contribution in [1.82, 2.24) is 9.55 Å². The van der Waals surface area contributed by atoms with Gasteiger partial charge >= 0.3 is 0 Å². The van der Waals surface area contributed by atoms with E-state index < -0.39 is 0 Å². The molecule has 4 nitrogen and oxygen atoms in total. The van der Waals surface area contributed by atoms with E-state index in [0.717, 1.165) is 88.7 Å². The Labute approximate surface area is 273 Å². The van der Waals surface area contributed by atoms with Crippen molar-refractivity contribution < 1.29 is 13.2 Å². The highest BCUT2D eigenvalue weighted by Crippen LogP contribution is 2.41. The van der Waals surface area contributed by atoms with Crippen molar-refractivity contribution in [2.75, 3.05) is 0 Å². The maximum Gasteiger partial charge on any atom is 0.149 e. The second-order valence-corrected chi connectivity index (χ2v) is 12.1. The van der Waals surface area contributed by atoms with Gasteiger partial charge in [0.25, 0.3) is 0 Å². The van der Waals surface area contributed by atoms with Crippen molar-refractivity contribution in [2.45, 2.75) is 0 Å². The smallest absolute Gasteiger partial charge is 0.149 e. The molecule has 10 aromatic rings. The zero-order valence-electron chi connectivity index (χ0n) is 25.5. The van der Waals surface area contributed by atoms with Crippen LogP contribution in [0.1, 0.15) is 0 Å². The number of benzene rings is 7. The minimum atomic E-state index is -0.278. The van der Waals surface area contributed by atoms with Gasteiger partial charge in [-0.3, -0.25) is 4.57 Å². The van der Waals surface area contributed by atoms with E-state index in [-0.39, 0.29) is 5.82 Å². The Balaban J connectivity index is 1.16. The number of aromatic nitrogens is 2. The molecular formula is C43H25FN2O2. The summed E-state index contributed by atoms with van der Waals surface area (Å²) in [6, 6.07) is 50.4. The van der Waals surface area contributed by atoms with Crippen LogP contribution in [0.3, 0.4) is 0 Å². The third-order valence-corrected chi connectivity index (χ3v) is 9.30. The number of para-hydroxylation sites is 4. The van der Waals surface area contributed by atoms with Crippen LogP contribution < -0.4 is 0 Å². The second-order valence-electron chi connectivity index (χ2n) is 12.1. The van der Waals surface area contributed by atoms with E-state index in [1.54, 1.807) is 6.07 Å². The summed E-state index contributed by atoms with van der Waals surface area (Å²) in [5, 5.41) is 3.72. The number of hydrogen-bond donors (Lipinski definition) is 0. The highest BCUT2D eigenvalue weighted by Gasteiger charge is 2.21. The predicted molar refractivity (Wildman–Crippen MR) is 192 cm³/mol. The number of halogens is 1. The van der Waals surface area contributed by atoms with Gasteiger partial charge in [0.1, 0.15) is 34.0 Å². The van der Waals surface area contributed by atoms with Crippen molar-refractivity contribution in [2.24, 2.45) is 0 Å². The third-order valence-electron chi connectivity index (χ3n) is 9.30. The Morgan fingerprint density at radius 2 is 1.19 bits per heavy atom. The molecule has 0 radical (unpaired) electrons. The molecule has 0 amide bonds. The molecule has 0 unspecified atom stereocenters. The van der Waals surface area contributed by atoms with E-state index in [9.17, 15) is 4.39 Å². The van der Waals surface area contributed by atoms with Gasteiger partial charge in [0.05, 0.1) is 22.3 Å². The lowest BCUT2D eigenvalue weighted by Gasteiger charge is -2.15. The van der Waals surface area contributed by atoms with Crippen LogP contribution in [-0.2, 0) is 0 Å². The molecular weight excluding hydrogens is 595 g/mol. The normalized spacial score (nSPS) is 11.9. The fraction of sp³-hybridized carbons (Fsp3) is 0. The van der Waals surface area contributed by atoms with Gasteiger partial charge in [-0.25, -0.2) is 9.37 Å². The molecule has 0 bridgehead atoms. The second kappa shape index (κ2) is 10.3. The first-order chi connectivity index (χ1) is 23.7. The van der Waals surface area contributed by atoms with Crippen LogP contribution >= 0.6 is 0 Å². The first kappa shape index (κ1) is 26.7. The van der Waals surface area contributed by atoms with Crippen molar-refractivity contribution in [3.8, 4) is 39.3 Å². The molecule has 0 aliphatic heterocycles. The number of nitrogens with zero attached hydrogens (tertiary/aromatic N) is 2. The van der Waals surface area contributed by atoms with Crippen LogP contribution in [0.15, 0.2) is 160 Å². The molecule has 7 aromatic carbocycles. The molecule has 226 valence electrons. The van der Waals surface area contributed by atoms with Crippen molar-refractivity contribution >= 4 is 54.9 Å². The van der Waals surface area contributed by atoms with Crippen LogP contribution in [0.25, 0.3) is 94.2 Å². The quantitative estimate of drug-likeness (QED) is 0.197. The predicted octanol–water partition coefficient (Wildman–Crippen LogP) is 12.0. The third kappa shape index (κ3) is 4.04. The van der Waals surface area contributed by atoms with E-state index in [0.29, 0.717) is 5.58 Å². The van der Waals surface area contributed by atoms with Gasteiger partial charge in [0, 0.05) is 27.1 Å². The molecule has 0 saturated carbocycles. The first-order valence-electron chi connectivity index (χ1n) is 15.9. The SMILES string of the molecule is Fc1ccc2oc3cc(-c4ccc5c(c4)oc4c(-c6nc7ccccc7n6-c6ccccc6-c6ccccc6)cccc45)ccc3c2c1. The standard InChI is InChI=1S/C43H25FN2O2/c44-29-19-22-39-35(25-29)32-21-18-27(23-40(32)47-39)28-17-20-31-33-12-8-13-34(42(33)48-41(31)24-28)43-45-36-14-5-7-16-38(36)46(43)37-15-6-4-11-30(37)26-9-2-1-3-10-26/h1-25H. The van der Waals surface area contributed by atoms with Gasteiger partial charge < -0.3 is 8.83 Å². The summed E-state index contributed by atoms with van der Waals surface area (Å²) < 4.78 is 29.0.